The van der Waals surface area contributed by atoms with Crippen molar-refractivity contribution in [3.8, 4) is 0 Å². The van der Waals surface area contributed by atoms with E-state index in [-0.39, 0.29) is 35.5 Å². The molecule has 7 nitrogen and oxygen atoms in total. The van der Waals surface area contributed by atoms with Crippen molar-refractivity contribution in [1.29, 1.82) is 0 Å². The summed E-state index contributed by atoms with van der Waals surface area (Å²) in [6.07, 6.45) is 0.861. The predicted molar refractivity (Wildman–Crippen MR) is 186 cm³/mol. The van der Waals surface area contributed by atoms with Crippen LogP contribution in [0.25, 0.3) is 0 Å². The van der Waals surface area contributed by atoms with Crippen LogP contribution >= 0.6 is 34.8 Å². The van der Waals surface area contributed by atoms with Gasteiger partial charge in [0, 0.05) is 34.1 Å². The number of nitrogens with one attached hydrogen (secondary N) is 1. The smallest absolute Gasteiger partial charge is 0.264 e. The van der Waals surface area contributed by atoms with Gasteiger partial charge in [-0.05, 0) is 73.4 Å². The molecule has 0 aromatic heterocycles. The van der Waals surface area contributed by atoms with E-state index in [1.54, 1.807) is 55.5 Å². The number of carbonyl (C=O) groups is 2. The Morgan fingerprint density at radius 2 is 1.50 bits per heavy atom. The van der Waals surface area contributed by atoms with Crippen molar-refractivity contribution in [2.75, 3.05) is 10.8 Å². The van der Waals surface area contributed by atoms with E-state index >= 15 is 0 Å². The third-order valence-electron chi connectivity index (χ3n) is 7.68. The Bertz CT molecular complexity index is 1770. The second-order valence-electron chi connectivity index (χ2n) is 11.0. The van der Waals surface area contributed by atoms with Gasteiger partial charge in [-0.25, -0.2) is 8.42 Å². The van der Waals surface area contributed by atoms with Crippen LogP contribution in [0.15, 0.2) is 102 Å². The van der Waals surface area contributed by atoms with Crippen molar-refractivity contribution in [2.45, 2.75) is 57.1 Å². The molecule has 0 spiro atoms. The van der Waals surface area contributed by atoms with Gasteiger partial charge in [0.2, 0.25) is 11.8 Å². The first-order valence-electron chi connectivity index (χ1n) is 14.8. The maximum Gasteiger partial charge on any atom is 0.264 e. The van der Waals surface area contributed by atoms with Gasteiger partial charge in [-0.2, -0.15) is 0 Å². The van der Waals surface area contributed by atoms with Gasteiger partial charge in [0.05, 0.1) is 10.6 Å². The number of nitrogens with zero attached hydrogens (tertiary/aromatic N) is 2. The molecule has 46 heavy (non-hydrogen) atoms. The predicted octanol–water partition coefficient (Wildman–Crippen LogP) is 7.71. The summed E-state index contributed by atoms with van der Waals surface area (Å²) in [5, 5.41) is 4.08. The van der Waals surface area contributed by atoms with E-state index in [2.05, 4.69) is 5.32 Å². The van der Waals surface area contributed by atoms with Gasteiger partial charge in [0.15, 0.2) is 0 Å². The minimum Gasteiger partial charge on any atom is -0.352 e. The minimum atomic E-state index is -4.24. The molecule has 4 aromatic rings. The first kappa shape index (κ1) is 35.3. The molecule has 2 atom stereocenters. The molecule has 0 aliphatic carbocycles. The monoisotopic (exact) mass is 699 g/mol. The quantitative estimate of drug-likeness (QED) is 0.155. The molecule has 4 aromatic carbocycles. The number of benzene rings is 4. The molecule has 2 amide bonds. The lowest BCUT2D eigenvalue weighted by Crippen LogP contribution is -2.54. The molecular weight excluding hydrogens is 665 g/mol. The summed E-state index contributed by atoms with van der Waals surface area (Å²) in [6, 6.07) is 25.7. The minimum absolute atomic E-state index is 0.00198. The molecule has 0 aliphatic heterocycles. The van der Waals surface area contributed by atoms with Gasteiger partial charge in [-0.1, -0.05) is 102 Å². The van der Waals surface area contributed by atoms with E-state index in [9.17, 15) is 18.0 Å². The van der Waals surface area contributed by atoms with E-state index in [1.807, 2.05) is 44.2 Å². The second kappa shape index (κ2) is 15.8. The summed E-state index contributed by atoms with van der Waals surface area (Å²) >= 11 is 19.2. The number of sulfonamides is 1. The number of hydrogen-bond acceptors (Lipinski definition) is 4. The average Bonchev–Trinajstić information content (AvgIpc) is 3.04. The van der Waals surface area contributed by atoms with Crippen LogP contribution in [-0.2, 0) is 32.6 Å². The van der Waals surface area contributed by atoms with Crippen molar-refractivity contribution < 1.29 is 18.0 Å². The van der Waals surface area contributed by atoms with E-state index in [0.29, 0.717) is 27.1 Å². The highest BCUT2D eigenvalue weighted by Gasteiger charge is 2.35. The Kier molecular flexibility index (Phi) is 12.1. The lowest BCUT2D eigenvalue weighted by Gasteiger charge is -2.34. The van der Waals surface area contributed by atoms with E-state index in [4.69, 9.17) is 34.8 Å². The molecule has 11 heteroatoms. The van der Waals surface area contributed by atoms with Crippen LogP contribution in [0.2, 0.25) is 15.1 Å². The number of aryl methyl sites for hydroxylation is 1. The standard InChI is InChI=1S/C35H36Cl3N3O4S/c1-4-25(3)39-35(43)33(19-26-11-7-5-8-12-26)40(22-27-16-17-28(36)20-32(27)38)34(42)23-41(29-18-15-24(2)31(37)21-29)46(44,45)30-13-9-6-10-14-30/h5-18,20-21,25,33H,4,19,22-23H2,1-3H3,(H,39,43)/t25-,33+/m1/s1. The lowest BCUT2D eigenvalue weighted by atomic mass is 10.0. The topological polar surface area (TPSA) is 86.8 Å². The van der Waals surface area contributed by atoms with Gasteiger partial charge in [0.25, 0.3) is 10.0 Å². The molecule has 4 rings (SSSR count). The zero-order valence-corrected chi connectivity index (χ0v) is 28.9. The van der Waals surface area contributed by atoms with E-state index in [1.165, 1.54) is 23.1 Å². The summed E-state index contributed by atoms with van der Waals surface area (Å²) in [5.41, 5.74) is 2.33. The fraction of sp³-hybridized carbons (Fsp3) is 0.257. The SMILES string of the molecule is CC[C@@H](C)NC(=O)[C@H](Cc1ccccc1)N(Cc1ccc(Cl)cc1Cl)C(=O)CN(c1ccc(C)c(Cl)c1)S(=O)(=O)c1ccccc1. The first-order chi connectivity index (χ1) is 21.9. The number of rotatable bonds is 13. The zero-order valence-electron chi connectivity index (χ0n) is 25.8. The number of halogens is 3. The van der Waals surface area contributed by atoms with Gasteiger partial charge < -0.3 is 10.2 Å². The van der Waals surface area contributed by atoms with Gasteiger partial charge >= 0.3 is 0 Å². The second-order valence-corrected chi connectivity index (χ2v) is 14.2. The highest BCUT2D eigenvalue weighted by Crippen LogP contribution is 2.29. The third-order valence-corrected chi connectivity index (χ3v) is 10.5. The highest BCUT2D eigenvalue weighted by atomic mass is 35.5. The summed E-state index contributed by atoms with van der Waals surface area (Å²) in [4.78, 5) is 29.9. The van der Waals surface area contributed by atoms with Crippen LogP contribution in [0, 0.1) is 6.92 Å². The zero-order chi connectivity index (χ0) is 33.4. The largest absolute Gasteiger partial charge is 0.352 e. The average molecular weight is 701 g/mol. The van der Waals surface area contributed by atoms with E-state index < -0.39 is 28.5 Å². The Hall–Kier alpha value is -3.56. The summed E-state index contributed by atoms with van der Waals surface area (Å²) in [7, 11) is -4.24. The fourth-order valence-electron chi connectivity index (χ4n) is 4.81. The molecule has 242 valence electrons. The summed E-state index contributed by atoms with van der Waals surface area (Å²) < 4.78 is 29.3. The highest BCUT2D eigenvalue weighted by molar-refractivity contribution is 7.92. The Morgan fingerprint density at radius 1 is 0.848 bits per heavy atom. The molecule has 0 radical (unpaired) electrons. The fourth-order valence-corrected chi connectivity index (χ4v) is 6.88. The maximum atomic E-state index is 14.6. The summed E-state index contributed by atoms with van der Waals surface area (Å²) in [6.45, 7) is 4.95. The molecule has 1 N–H and O–H groups in total. The number of amides is 2. The van der Waals surface area contributed by atoms with Gasteiger partial charge in [-0.15, -0.1) is 0 Å². The number of hydrogen-bond donors (Lipinski definition) is 1. The molecular formula is C35H36Cl3N3O4S. The molecule has 0 saturated heterocycles. The van der Waals surface area contributed by atoms with Crippen molar-refractivity contribution >= 4 is 62.3 Å². The molecule has 0 aliphatic rings. The molecule has 0 bridgehead atoms. The molecule has 0 heterocycles. The molecule has 0 saturated carbocycles. The van der Waals surface area contributed by atoms with Crippen LogP contribution in [-0.4, -0.2) is 43.8 Å². The molecule has 0 unspecified atom stereocenters. The number of anilines is 1. The van der Waals surface area contributed by atoms with Crippen LogP contribution in [0.5, 0.6) is 0 Å². The molecule has 0 fully saturated rings. The van der Waals surface area contributed by atoms with Crippen molar-refractivity contribution in [3.63, 3.8) is 0 Å². The van der Waals surface area contributed by atoms with Crippen molar-refractivity contribution in [1.82, 2.24) is 10.2 Å². The van der Waals surface area contributed by atoms with Crippen LogP contribution in [0.3, 0.4) is 0 Å². The Labute approximate surface area is 286 Å². The Morgan fingerprint density at radius 3 is 2.11 bits per heavy atom. The summed E-state index contributed by atoms with van der Waals surface area (Å²) in [5.74, 6) is -0.977. The maximum absolute atomic E-state index is 14.6. The van der Waals surface area contributed by atoms with Crippen LogP contribution in [0.1, 0.15) is 37.0 Å². The third kappa shape index (κ3) is 8.82. The van der Waals surface area contributed by atoms with Gasteiger partial charge in [-0.3, -0.25) is 13.9 Å². The van der Waals surface area contributed by atoms with Gasteiger partial charge in [0.1, 0.15) is 12.6 Å². The lowest BCUT2D eigenvalue weighted by molar-refractivity contribution is -0.140. The normalized spacial score (nSPS) is 12.7. The van der Waals surface area contributed by atoms with Crippen LogP contribution in [0.4, 0.5) is 5.69 Å². The van der Waals surface area contributed by atoms with Crippen molar-refractivity contribution in [2.24, 2.45) is 0 Å². The van der Waals surface area contributed by atoms with Crippen molar-refractivity contribution in [3.05, 3.63) is 129 Å². The number of carbonyl (C=O) groups excluding carboxylic acids is 2. The van der Waals surface area contributed by atoms with E-state index in [0.717, 1.165) is 15.4 Å². The van der Waals surface area contributed by atoms with Crippen LogP contribution < -0.4 is 9.62 Å². The first-order valence-corrected chi connectivity index (χ1v) is 17.4. The Balaban J connectivity index is 1.84.